The van der Waals surface area contributed by atoms with Crippen molar-refractivity contribution in [1.29, 1.82) is 0 Å². The average Bonchev–Trinajstić information content (AvgIpc) is 2.87. The number of carbonyl (C=O) groups is 2. The Labute approximate surface area is 125 Å². The Bertz CT molecular complexity index is 412. The molecule has 4 aliphatic rings. The normalized spacial score (nSPS) is 33.6. The van der Waals surface area contributed by atoms with Crippen molar-refractivity contribution in [3.05, 3.63) is 0 Å². The zero-order valence-electron chi connectivity index (χ0n) is 12.4. The zero-order chi connectivity index (χ0) is 14.9. The number of hydrogen-bond acceptors (Lipinski definition) is 3. The fourth-order valence-corrected chi connectivity index (χ4v) is 4.26. The van der Waals surface area contributed by atoms with Crippen molar-refractivity contribution >= 4 is 12.0 Å². The number of rotatable bonds is 4. The maximum atomic E-state index is 12.3. The third-order valence-electron chi connectivity index (χ3n) is 5.40. The lowest BCUT2D eigenvalue weighted by atomic mass is 9.84. The van der Waals surface area contributed by atoms with Crippen molar-refractivity contribution in [2.75, 3.05) is 19.6 Å². The van der Waals surface area contributed by atoms with E-state index in [4.69, 9.17) is 5.11 Å². The van der Waals surface area contributed by atoms with Crippen LogP contribution in [-0.4, -0.2) is 53.2 Å². The molecule has 3 N–H and O–H groups in total. The molecule has 0 aromatic carbocycles. The molecule has 1 unspecified atom stereocenters. The fraction of sp³-hybridized carbons (Fsp3) is 0.867. The highest BCUT2D eigenvalue weighted by atomic mass is 16.4. The molecular formula is C15H25N3O3. The molecule has 1 saturated carbocycles. The number of hydrogen-bond donors (Lipinski definition) is 3. The Morgan fingerprint density at radius 2 is 1.86 bits per heavy atom. The van der Waals surface area contributed by atoms with Crippen LogP contribution in [0.3, 0.4) is 0 Å². The van der Waals surface area contributed by atoms with Crippen LogP contribution in [0.5, 0.6) is 0 Å². The minimum Gasteiger partial charge on any atom is -0.481 e. The molecule has 3 saturated heterocycles. The van der Waals surface area contributed by atoms with Crippen LogP contribution in [0.2, 0.25) is 0 Å². The van der Waals surface area contributed by atoms with Gasteiger partial charge in [0.05, 0.1) is 12.0 Å². The Morgan fingerprint density at radius 3 is 2.38 bits per heavy atom. The second-order valence-electron chi connectivity index (χ2n) is 6.90. The van der Waals surface area contributed by atoms with Crippen molar-refractivity contribution in [2.24, 2.45) is 5.92 Å². The number of amides is 2. The van der Waals surface area contributed by atoms with E-state index in [1.807, 2.05) is 0 Å². The van der Waals surface area contributed by atoms with Crippen molar-refractivity contribution in [1.82, 2.24) is 15.5 Å². The molecule has 118 valence electrons. The van der Waals surface area contributed by atoms with Crippen LogP contribution in [-0.2, 0) is 4.79 Å². The molecule has 0 spiro atoms. The van der Waals surface area contributed by atoms with Gasteiger partial charge in [-0.15, -0.1) is 0 Å². The van der Waals surface area contributed by atoms with Gasteiger partial charge in [-0.1, -0.05) is 12.8 Å². The number of urea groups is 1. The summed E-state index contributed by atoms with van der Waals surface area (Å²) in [5.74, 6) is -0.250. The Hall–Kier alpha value is -1.30. The lowest BCUT2D eigenvalue weighted by Gasteiger charge is -2.45. The summed E-state index contributed by atoms with van der Waals surface area (Å²) in [6, 6.07) is 0.0349. The molecule has 0 aromatic heterocycles. The van der Waals surface area contributed by atoms with Gasteiger partial charge < -0.3 is 20.6 Å². The standard InChI is InChI=1S/C15H25N3O3/c19-13(20)9-15(5-1-2-6-15)17-14(21)16-12-10-18-7-3-11(12)4-8-18/h11-12H,1-10H2,(H,19,20)(H2,16,17,21). The number of carboxylic acid groups (broad SMARTS) is 1. The topological polar surface area (TPSA) is 81.7 Å². The van der Waals surface area contributed by atoms with Gasteiger partial charge in [0.25, 0.3) is 0 Å². The molecule has 2 amide bonds. The van der Waals surface area contributed by atoms with E-state index in [0.29, 0.717) is 5.92 Å². The van der Waals surface area contributed by atoms with E-state index in [1.54, 1.807) is 0 Å². The Morgan fingerprint density at radius 1 is 1.19 bits per heavy atom. The minimum absolute atomic E-state index is 0.0284. The number of piperidine rings is 3. The van der Waals surface area contributed by atoms with Crippen molar-refractivity contribution < 1.29 is 14.7 Å². The van der Waals surface area contributed by atoms with Crippen molar-refractivity contribution in [3.8, 4) is 0 Å². The first-order valence-electron chi connectivity index (χ1n) is 8.09. The van der Waals surface area contributed by atoms with Gasteiger partial charge in [0.2, 0.25) is 0 Å². The van der Waals surface area contributed by atoms with Gasteiger partial charge >= 0.3 is 12.0 Å². The van der Waals surface area contributed by atoms with E-state index >= 15 is 0 Å². The summed E-state index contributed by atoms with van der Waals surface area (Å²) < 4.78 is 0. The maximum Gasteiger partial charge on any atom is 0.315 e. The SMILES string of the molecule is O=C(O)CC1(NC(=O)NC2CN3CCC2CC3)CCCC1. The molecule has 2 bridgehead atoms. The molecule has 6 nitrogen and oxygen atoms in total. The van der Waals surface area contributed by atoms with Crippen LogP contribution in [0.1, 0.15) is 44.9 Å². The summed E-state index contributed by atoms with van der Waals surface area (Å²) in [4.78, 5) is 25.8. The van der Waals surface area contributed by atoms with Crippen LogP contribution >= 0.6 is 0 Å². The predicted octanol–water partition coefficient (Wildman–Crippen LogP) is 1.17. The molecule has 0 radical (unpaired) electrons. The minimum atomic E-state index is -0.833. The molecular weight excluding hydrogens is 270 g/mol. The second-order valence-corrected chi connectivity index (χ2v) is 6.90. The van der Waals surface area contributed by atoms with Gasteiger partial charge in [0, 0.05) is 12.6 Å². The Kier molecular flexibility index (Phi) is 4.06. The number of nitrogens with zero attached hydrogens (tertiary/aromatic N) is 1. The van der Waals surface area contributed by atoms with Crippen LogP contribution in [0, 0.1) is 5.92 Å². The largest absolute Gasteiger partial charge is 0.481 e. The number of nitrogens with one attached hydrogen (secondary N) is 2. The van der Waals surface area contributed by atoms with Gasteiger partial charge in [-0.3, -0.25) is 4.79 Å². The molecule has 1 aliphatic carbocycles. The first-order valence-corrected chi connectivity index (χ1v) is 8.09. The number of carboxylic acids is 1. The molecule has 0 aromatic rings. The quantitative estimate of drug-likeness (QED) is 0.727. The molecule has 1 atom stereocenters. The zero-order valence-corrected chi connectivity index (χ0v) is 12.4. The first kappa shape index (κ1) is 14.6. The molecule has 3 heterocycles. The van der Waals surface area contributed by atoms with E-state index < -0.39 is 11.5 Å². The smallest absolute Gasteiger partial charge is 0.315 e. The summed E-state index contributed by atoms with van der Waals surface area (Å²) in [7, 11) is 0. The Balaban J connectivity index is 1.56. The van der Waals surface area contributed by atoms with Crippen LogP contribution in [0.15, 0.2) is 0 Å². The van der Waals surface area contributed by atoms with Crippen LogP contribution in [0.4, 0.5) is 4.79 Å². The third kappa shape index (κ3) is 3.31. The van der Waals surface area contributed by atoms with Crippen molar-refractivity contribution in [3.63, 3.8) is 0 Å². The highest BCUT2D eigenvalue weighted by Crippen LogP contribution is 2.33. The lowest BCUT2D eigenvalue weighted by molar-refractivity contribution is -0.138. The summed E-state index contributed by atoms with van der Waals surface area (Å²) in [6.07, 6.45) is 5.87. The van der Waals surface area contributed by atoms with Crippen LogP contribution in [0.25, 0.3) is 0 Å². The number of carbonyl (C=O) groups excluding carboxylic acids is 1. The molecule has 4 fully saturated rings. The molecule has 4 rings (SSSR count). The third-order valence-corrected chi connectivity index (χ3v) is 5.40. The molecule has 21 heavy (non-hydrogen) atoms. The first-order chi connectivity index (χ1) is 10.1. The van der Waals surface area contributed by atoms with Gasteiger partial charge in [0.15, 0.2) is 0 Å². The summed E-state index contributed by atoms with van der Waals surface area (Å²) >= 11 is 0. The molecule has 3 aliphatic heterocycles. The summed E-state index contributed by atoms with van der Waals surface area (Å²) in [5.41, 5.74) is -0.538. The van der Waals surface area contributed by atoms with Gasteiger partial charge in [-0.2, -0.15) is 0 Å². The van der Waals surface area contributed by atoms with Gasteiger partial charge in [0.1, 0.15) is 0 Å². The lowest BCUT2D eigenvalue weighted by Crippen LogP contribution is -2.61. The van der Waals surface area contributed by atoms with Gasteiger partial charge in [-0.25, -0.2) is 4.79 Å². The number of aliphatic carboxylic acids is 1. The van der Waals surface area contributed by atoms with E-state index in [9.17, 15) is 9.59 Å². The summed E-state index contributed by atoms with van der Waals surface area (Å²) in [6.45, 7) is 3.23. The summed E-state index contributed by atoms with van der Waals surface area (Å²) in [5, 5.41) is 15.2. The van der Waals surface area contributed by atoms with E-state index in [2.05, 4.69) is 15.5 Å². The monoisotopic (exact) mass is 295 g/mol. The maximum absolute atomic E-state index is 12.3. The average molecular weight is 295 g/mol. The predicted molar refractivity (Wildman–Crippen MR) is 78.1 cm³/mol. The van der Waals surface area contributed by atoms with Crippen LogP contribution < -0.4 is 10.6 Å². The highest BCUT2D eigenvalue weighted by Gasteiger charge is 2.39. The number of fused-ring (bicyclic) bond motifs is 3. The van der Waals surface area contributed by atoms with Gasteiger partial charge in [-0.05, 0) is 44.7 Å². The molecule has 6 heteroatoms. The van der Waals surface area contributed by atoms with E-state index in [-0.39, 0.29) is 18.5 Å². The second kappa shape index (κ2) is 5.83. The van der Waals surface area contributed by atoms with E-state index in [1.165, 1.54) is 0 Å². The van der Waals surface area contributed by atoms with E-state index in [0.717, 1.165) is 58.2 Å². The fourth-order valence-electron chi connectivity index (χ4n) is 4.26. The van der Waals surface area contributed by atoms with Crippen molar-refractivity contribution in [2.45, 2.75) is 56.5 Å². The highest BCUT2D eigenvalue weighted by molar-refractivity contribution is 5.77.